The van der Waals surface area contributed by atoms with Crippen molar-refractivity contribution in [3.05, 3.63) is 0 Å². The molecule has 8 N–H and O–H groups in total. The van der Waals surface area contributed by atoms with Gasteiger partial charge in [0.15, 0.2) is 0 Å². The summed E-state index contributed by atoms with van der Waals surface area (Å²) in [5, 5.41) is 16.1. The van der Waals surface area contributed by atoms with Crippen LogP contribution >= 0.6 is 12.6 Å². The van der Waals surface area contributed by atoms with E-state index in [2.05, 4.69) is 28.6 Å². The topological polar surface area (TPSA) is 194 Å². The highest BCUT2D eigenvalue weighted by molar-refractivity contribution is 7.80. The molecule has 11 nitrogen and oxygen atoms in total. The van der Waals surface area contributed by atoms with Crippen LogP contribution in [0.3, 0.4) is 0 Å². The Morgan fingerprint density at radius 3 is 1.90 bits per heavy atom. The molecule has 0 rings (SSSR count). The molecule has 0 aromatic heterocycles. The van der Waals surface area contributed by atoms with Crippen molar-refractivity contribution in [1.82, 2.24) is 16.0 Å². The molecule has 0 aromatic carbocycles. The van der Waals surface area contributed by atoms with Crippen molar-refractivity contribution in [2.45, 2.75) is 64.2 Å². The van der Waals surface area contributed by atoms with Crippen molar-refractivity contribution in [3.8, 4) is 0 Å². The average molecular weight is 434 g/mol. The maximum atomic E-state index is 12.7. The number of rotatable bonds is 13. The van der Waals surface area contributed by atoms with E-state index in [1.807, 2.05) is 13.8 Å². The molecule has 29 heavy (non-hydrogen) atoms. The average Bonchev–Trinajstić information content (AvgIpc) is 2.62. The molecular formula is C17H31N5O6S. The molecule has 0 saturated carbocycles. The Morgan fingerprint density at radius 1 is 0.931 bits per heavy atom. The molecule has 0 spiro atoms. The number of nitrogens with two attached hydrogens (primary N) is 2. The molecule has 0 fully saturated rings. The molecular weight excluding hydrogens is 402 g/mol. The lowest BCUT2D eigenvalue weighted by Crippen LogP contribution is -2.57. The zero-order valence-corrected chi connectivity index (χ0v) is 17.7. The first kappa shape index (κ1) is 26.7. The third kappa shape index (κ3) is 10.7. The zero-order chi connectivity index (χ0) is 22.7. The van der Waals surface area contributed by atoms with Gasteiger partial charge in [-0.2, -0.15) is 12.6 Å². The van der Waals surface area contributed by atoms with Crippen LogP contribution in [0, 0.1) is 5.92 Å². The van der Waals surface area contributed by atoms with Gasteiger partial charge < -0.3 is 32.5 Å². The summed E-state index contributed by atoms with van der Waals surface area (Å²) in [4.78, 5) is 59.2. The van der Waals surface area contributed by atoms with E-state index in [0.717, 1.165) is 0 Å². The maximum Gasteiger partial charge on any atom is 0.325 e. The van der Waals surface area contributed by atoms with Gasteiger partial charge in [0, 0.05) is 12.2 Å². The second-order valence-corrected chi connectivity index (χ2v) is 7.48. The molecule has 0 saturated heterocycles. The number of thiol groups is 1. The standard InChI is InChI=1S/C17H31N5O6S/c1-8(2)6-12(22-14(24)10(18)7-29)16(26)21-11(4-5-13(19)23)15(25)20-9(3)17(27)28/h8-12,29H,4-7,18H2,1-3H3,(H2,19,23)(H,20,25)(H,21,26)(H,22,24)(H,27,28). The third-order valence-electron chi connectivity index (χ3n) is 3.92. The molecule has 0 aliphatic heterocycles. The van der Waals surface area contributed by atoms with Crippen LogP contribution in [0.25, 0.3) is 0 Å². The number of aliphatic carboxylic acids is 1. The highest BCUT2D eigenvalue weighted by Crippen LogP contribution is 2.07. The second kappa shape index (κ2) is 13.0. The van der Waals surface area contributed by atoms with E-state index in [4.69, 9.17) is 16.6 Å². The molecule has 0 aromatic rings. The van der Waals surface area contributed by atoms with Crippen molar-refractivity contribution in [3.63, 3.8) is 0 Å². The van der Waals surface area contributed by atoms with E-state index >= 15 is 0 Å². The fraction of sp³-hybridized carbons (Fsp3) is 0.706. The molecule has 4 atom stereocenters. The minimum Gasteiger partial charge on any atom is -0.480 e. The third-order valence-corrected chi connectivity index (χ3v) is 4.31. The van der Waals surface area contributed by atoms with Crippen LogP contribution in [0.15, 0.2) is 0 Å². The van der Waals surface area contributed by atoms with E-state index in [0.29, 0.717) is 0 Å². The number of hydrogen-bond donors (Lipinski definition) is 7. The second-order valence-electron chi connectivity index (χ2n) is 7.11. The van der Waals surface area contributed by atoms with Gasteiger partial charge in [0.2, 0.25) is 23.6 Å². The first-order valence-corrected chi connectivity index (χ1v) is 9.80. The van der Waals surface area contributed by atoms with Crippen molar-refractivity contribution in [2.24, 2.45) is 17.4 Å². The van der Waals surface area contributed by atoms with Crippen molar-refractivity contribution >= 4 is 42.2 Å². The highest BCUT2D eigenvalue weighted by atomic mass is 32.1. The SMILES string of the molecule is CC(C)CC(NC(=O)C(N)CS)C(=O)NC(CCC(N)=O)C(=O)NC(C)C(=O)O. The van der Waals surface area contributed by atoms with Gasteiger partial charge >= 0.3 is 5.97 Å². The number of primary amides is 1. The van der Waals surface area contributed by atoms with Crippen LogP contribution < -0.4 is 27.4 Å². The van der Waals surface area contributed by atoms with E-state index in [1.54, 1.807) is 0 Å². The number of carbonyl (C=O) groups is 5. The number of hydrogen-bond acceptors (Lipinski definition) is 7. The summed E-state index contributed by atoms with van der Waals surface area (Å²) in [5.41, 5.74) is 10.7. The van der Waals surface area contributed by atoms with Gasteiger partial charge in [-0.1, -0.05) is 13.8 Å². The van der Waals surface area contributed by atoms with Crippen LogP contribution in [-0.2, 0) is 24.0 Å². The predicted molar refractivity (Wildman–Crippen MR) is 109 cm³/mol. The Morgan fingerprint density at radius 2 is 1.45 bits per heavy atom. The number of carbonyl (C=O) groups excluding carboxylic acids is 4. The van der Waals surface area contributed by atoms with Crippen molar-refractivity contribution < 1.29 is 29.1 Å². The molecule has 0 radical (unpaired) electrons. The lowest BCUT2D eigenvalue weighted by Gasteiger charge is -2.25. The summed E-state index contributed by atoms with van der Waals surface area (Å²) in [6.45, 7) is 4.95. The Balaban J connectivity index is 5.35. The fourth-order valence-electron chi connectivity index (χ4n) is 2.27. The minimum absolute atomic E-state index is 0.0307. The van der Waals surface area contributed by atoms with Gasteiger partial charge in [-0.3, -0.25) is 24.0 Å². The van der Waals surface area contributed by atoms with E-state index in [9.17, 15) is 24.0 Å². The summed E-state index contributed by atoms with van der Waals surface area (Å²) >= 11 is 3.95. The smallest absolute Gasteiger partial charge is 0.325 e. The summed E-state index contributed by atoms with van der Waals surface area (Å²) < 4.78 is 0. The van der Waals surface area contributed by atoms with Crippen molar-refractivity contribution in [1.29, 1.82) is 0 Å². The lowest BCUT2D eigenvalue weighted by molar-refractivity contribution is -0.142. The predicted octanol–water partition coefficient (Wildman–Crippen LogP) is -1.89. The Hall–Kier alpha value is -2.34. The fourth-order valence-corrected chi connectivity index (χ4v) is 2.43. The normalized spacial score (nSPS) is 15.0. The van der Waals surface area contributed by atoms with Crippen LogP contribution in [0.1, 0.15) is 40.0 Å². The Bertz CT molecular complexity index is 615. The molecule has 12 heteroatoms. The van der Waals surface area contributed by atoms with Crippen LogP contribution in [0.5, 0.6) is 0 Å². The quantitative estimate of drug-likeness (QED) is 0.165. The summed E-state index contributed by atoms with van der Waals surface area (Å²) in [7, 11) is 0. The lowest BCUT2D eigenvalue weighted by atomic mass is 10.0. The summed E-state index contributed by atoms with van der Waals surface area (Å²) in [6, 6.07) is -4.29. The summed E-state index contributed by atoms with van der Waals surface area (Å²) in [6.07, 6.45) is -0.0597. The van der Waals surface area contributed by atoms with Gasteiger partial charge in [0.1, 0.15) is 18.1 Å². The van der Waals surface area contributed by atoms with Crippen LogP contribution in [0.4, 0.5) is 0 Å². The number of nitrogens with one attached hydrogen (secondary N) is 3. The Labute approximate surface area is 175 Å². The van der Waals surface area contributed by atoms with Gasteiger partial charge in [-0.05, 0) is 25.7 Å². The molecule has 0 heterocycles. The minimum atomic E-state index is -1.26. The maximum absolute atomic E-state index is 12.7. The number of carboxylic acids is 1. The van der Waals surface area contributed by atoms with Gasteiger partial charge in [0.25, 0.3) is 0 Å². The van der Waals surface area contributed by atoms with Crippen molar-refractivity contribution in [2.75, 3.05) is 5.75 Å². The van der Waals surface area contributed by atoms with Gasteiger partial charge in [-0.15, -0.1) is 0 Å². The molecule has 166 valence electrons. The van der Waals surface area contributed by atoms with Gasteiger partial charge in [-0.25, -0.2) is 0 Å². The molecule has 0 aliphatic rings. The van der Waals surface area contributed by atoms with E-state index < -0.39 is 53.8 Å². The molecule has 4 amide bonds. The largest absolute Gasteiger partial charge is 0.480 e. The summed E-state index contributed by atoms with van der Waals surface area (Å²) in [5.74, 6) is -3.85. The first-order valence-electron chi connectivity index (χ1n) is 9.17. The first-order chi connectivity index (χ1) is 13.4. The van der Waals surface area contributed by atoms with E-state index in [1.165, 1.54) is 6.92 Å². The number of amides is 4. The van der Waals surface area contributed by atoms with Crippen LogP contribution in [0.2, 0.25) is 0 Å². The van der Waals surface area contributed by atoms with E-state index in [-0.39, 0.29) is 30.9 Å². The van der Waals surface area contributed by atoms with Crippen LogP contribution in [-0.4, -0.2) is 64.6 Å². The molecule has 0 aliphatic carbocycles. The monoisotopic (exact) mass is 433 g/mol. The number of carboxylic acid groups (broad SMARTS) is 1. The van der Waals surface area contributed by atoms with Gasteiger partial charge in [0.05, 0.1) is 6.04 Å². The molecule has 0 bridgehead atoms. The Kier molecular flexibility index (Phi) is 11.9. The zero-order valence-electron chi connectivity index (χ0n) is 16.8. The molecule has 4 unspecified atom stereocenters. The highest BCUT2D eigenvalue weighted by Gasteiger charge is 2.29.